The van der Waals surface area contributed by atoms with Gasteiger partial charge >= 0.3 is 5.97 Å². The molecule has 0 saturated carbocycles. The molecule has 24 heavy (non-hydrogen) atoms. The first-order valence-corrected chi connectivity index (χ1v) is 7.82. The van der Waals surface area contributed by atoms with Crippen LogP contribution in [0.3, 0.4) is 0 Å². The summed E-state index contributed by atoms with van der Waals surface area (Å²) in [5.74, 6) is -1.25. The number of furan rings is 1. The SMILES string of the molecule is CCOC(=O)CCN(Cc1ccco1)C(=O)c1c(F)cccc1Cl. The molecule has 0 fully saturated rings. The highest BCUT2D eigenvalue weighted by molar-refractivity contribution is 6.33. The van der Waals surface area contributed by atoms with E-state index in [1.165, 1.54) is 23.3 Å². The van der Waals surface area contributed by atoms with Crippen LogP contribution < -0.4 is 0 Å². The summed E-state index contributed by atoms with van der Waals surface area (Å²) in [5.41, 5.74) is -0.227. The molecule has 1 aromatic carbocycles. The van der Waals surface area contributed by atoms with Crippen molar-refractivity contribution < 1.29 is 23.1 Å². The highest BCUT2D eigenvalue weighted by Crippen LogP contribution is 2.22. The van der Waals surface area contributed by atoms with Gasteiger partial charge in [0, 0.05) is 6.54 Å². The second kappa shape index (κ2) is 8.49. The van der Waals surface area contributed by atoms with E-state index >= 15 is 0 Å². The molecule has 0 aliphatic carbocycles. The molecule has 1 amide bonds. The molecule has 0 atom stereocenters. The van der Waals surface area contributed by atoms with Gasteiger partial charge in [0.1, 0.15) is 11.6 Å². The topological polar surface area (TPSA) is 59.8 Å². The van der Waals surface area contributed by atoms with Crippen LogP contribution in [0.5, 0.6) is 0 Å². The highest BCUT2D eigenvalue weighted by atomic mass is 35.5. The van der Waals surface area contributed by atoms with Gasteiger partial charge in [-0.2, -0.15) is 0 Å². The normalized spacial score (nSPS) is 10.5. The molecule has 2 aromatic rings. The first-order valence-electron chi connectivity index (χ1n) is 7.44. The predicted molar refractivity (Wildman–Crippen MR) is 86.1 cm³/mol. The number of carbonyl (C=O) groups is 2. The van der Waals surface area contributed by atoms with E-state index in [0.717, 1.165) is 6.07 Å². The second-order valence-electron chi connectivity index (χ2n) is 4.96. The summed E-state index contributed by atoms with van der Waals surface area (Å²) >= 11 is 5.96. The lowest BCUT2D eigenvalue weighted by molar-refractivity contribution is -0.143. The van der Waals surface area contributed by atoms with E-state index in [-0.39, 0.29) is 36.7 Å². The van der Waals surface area contributed by atoms with Crippen molar-refractivity contribution in [3.8, 4) is 0 Å². The Bertz CT molecular complexity index is 682. The van der Waals surface area contributed by atoms with E-state index in [2.05, 4.69) is 0 Å². The van der Waals surface area contributed by atoms with Gasteiger partial charge in [0.05, 0.1) is 36.4 Å². The molecule has 2 rings (SSSR count). The minimum Gasteiger partial charge on any atom is -0.467 e. The molecule has 0 spiro atoms. The molecule has 0 saturated heterocycles. The van der Waals surface area contributed by atoms with Crippen molar-refractivity contribution in [3.63, 3.8) is 0 Å². The smallest absolute Gasteiger partial charge is 0.307 e. The Balaban J connectivity index is 2.20. The molecule has 1 aromatic heterocycles. The maximum atomic E-state index is 14.0. The molecule has 0 unspecified atom stereocenters. The minimum absolute atomic E-state index is 0.00758. The van der Waals surface area contributed by atoms with Gasteiger partial charge in [-0.25, -0.2) is 4.39 Å². The average Bonchev–Trinajstić information content (AvgIpc) is 3.04. The van der Waals surface area contributed by atoms with Gasteiger partial charge in [-0.15, -0.1) is 0 Å². The van der Waals surface area contributed by atoms with Gasteiger partial charge in [-0.3, -0.25) is 9.59 Å². The van der Waals surface area contributed by atoms with Crippen molar-refractivity contribution >= 4 is 23.5 Å². The number of ether oxygens (including phenoxy) is 1. The summed E-state index contributed by atoms with van der Waals surface area (Å²) in [6.07, 6.45) is 1.46. The average molecular weight is 354 g/mol. The Morgan fingerprint density at radius 2 is 2.08 bits per heavy atom. The molecule has 0 N–H and O–H groups in total. The number of esters is 1. The third kappa shape index (κ3) is 4.58. The summed E-state index contributed by atoms with van der Waals surface area (Å²) in [4.78, 5) is 25.6. The molecule has 7 heteroatoms. The molecule has 128 valence electrons. The first-order chi connectivity index (χ1) is 11.5. The Labute approximate surface area is 144 Å². The van der Waals surface area contributed by atoms with Crippen LogP contribution in [0.2, 0.25) is 5.02 Å². The van der Waals surface area contributed by atoms with Gasteiger partial charge < -0.3 is 14.1 Å². The van der Waals surface area contributed by atoms with E-state index in [0.29, 0.717) is 5.76 Å². The number of nitrogens with zero attached hydrogens (tertiary/aromatic N) is 1. The van der Waals surface area contributed by atoms with E-state index in [1.54, 1.807) is 19.1 Å². The van der Waals surface area contributed by atoms with Gasteiger partial charge in [-0.05, 0) is 31.2 Å². The van der Waals surface area contributed by atoms with Crippen molar-refractivity contribution in [1.29, 1.82) is 0 Å². The molecule has 0 radical (unpaired) electrons. The zero-order valence-corrected chi connectivity index (χ0v) is 13.9. The first kappa shape index (κ1) is 18.0. The Morgan fingerprint density at radius 3 is 2.71 bits per heavy atom. The zero-order chi connectivity index (χ0) is 17.5. The Kier molecular flexibility index (Phi) is 6.37. The van der Waals surface area contributed by atoms with Crippen molar-refractivity contribution in [2.75, 3.05) is 13.2 Å². The van der Waals surface area contributed by atoms with Crippen LogP contribution in [0.15, 0.2) is 41.0 Å². The summed E-state index contributed by atoms with van der Waals surface area (Å²) in [5, 5.41) is 0.0144. The summed E-state index contributed by atoms with van der Waals surface area (Å²) in [7, 11) is 0. The largest absolute Gasteiger partial charge is 0.467 e. The summed E-state index contributed by atoms with van der Waals surface area (Å²) in [6.45, 7) is 2.10. The van der Waals surface area contributed by atoms with Gasteiger partial charge in [0.2, 0.25) is 0 Å². The van der Waals surface area contributed by atoms with Gasteiger partial charge in [0.25, 0.3) is 5.91 Å². The van der Waals surface area contributed by atoms with Crippen molar-refractivity contribution in [1.82, 2.24) is 4.90 Å². The fourth-order valence-electron chi connectivity index (χ4n) is 2.16. The number of carbonyl (C=O) groups excluding carboxylic acids is 2. The maximum Gasteiger partial charge on any atom is 0.307 e. The molecular weight excluding hydrogens is 337 g/mol. The molecular formula is C17H17ClFNO4. The summed E-state index contributed by atoms with van der Waals surface area (Å²) < 4.78 is 24.1. The molecule has 0 aliphatic rings. The van der Waals surface area contributed by atoms with E-state index < -0.39 is 17.7 Å². The molecule has 5 nitrogen and oxygen atoms in total. The predicted octanol–water partition coefficient (Wildman–Crippen LogP) is 3.67. The van der Waals surface area contributed by atoms with Crippen LogP contribution in [0.4, 0.5) is 4.39 Å². The number of hydrogen-bond donors (Lipinski definition) is 0. The lowest BCUT2D eigenvalue weighted by atomic mass is 10.1. The number of rotatable bonds is 7. The van der Waals surface area contributed by atoms with Crippen LogP contribution in [0.25, 0.3) is 0 Å². The fraction of sp³-hybridized carbons (Fsp3) is 0.294. The lowest BCUT2D eigenvalue weighted by Gasteiger charge is -2.22. The third-order valence-corrected chi connectivity index (χ3v) is 3.60. The van der Waals surface area contributed by atoms with Crippen molar-refractivity contribution in [2.24, 2.45) is 0 Å². The third-order valence-electron chi connectivity index (χ3n) is 3.28. The van der Waals surface area contributed by atoms with E-state index in [4.69, 9.17) is 20.8 Å². The van der Waals surface area contributed by atoms with Crippen LogP contribution in [0.1, 0.15) is 29.5 Å². The van der Waals surface area contributed by atoms with Crippen molar-refractivity contribution in [2.45, 2.75) is 19.9 Å². The van der Waals surface area contributed by atoms with Crippen LogP contribution in [0, 0.1) is 5.82 Å². The van der Waals surface area contributed by atoms with E-state index in [9.17, 15) is 14.0 Å². The van der Waals surface area contributed by atoms with E-state index in [1.807, 2.05) is 0 Å². The second-order valence-corrected chi connectivity index (χ2v) is 5.36. The molecule has 1 heterocycles. The number of amides is 1. The quantitative estimate of drug-likeness (QED) is 0.713. The lowest BCUT2D eigenvalue weighted by Crippen LogP contribution is -2.33. The van der Waals surface area contributed by atoms with Crippen LogP contribution >= 0.6 is 11.6 Å². The van der Waals surface area contributed by atoms with Crippen LogP contribution in [-0.4, -0.2) is 29.9 Å². The highest BCUT2D eigenvalue weighted by Gasteiger charge is 2.23. The number of halogens is 2. The van der Waals surface area contributed by atoms with Gasteiger partial charge in [0.15, 0.2) is 0 Å². The summed E-state index contributed by atoms with van der Waals surface area (Å²) in [6, 6.07) is 7.39. The maximum absolute atomic E-state index is 14.0. The monoisotopic (exact) mass is 353 g/mol. The minimum atomic E-state index is -0.715. The number of benzene rings is 1. The molecule has 0 bridgehead atoms. The van der Waals surface area contributed by atoms with Gasteiger partial charge in [-0.1, -0.05) is 17.7 Å². The Hall–Kier alpha value is -2.34. The number of hydrogen-bond acceptors (Lipinski definition) is 4. The molecule has 0 aliphatic heterocycles. The van der Waals surface area contributed by atoms with Crippen LogP contribution in [-0.2, 0) is 16.1 Å². The Morgan fingerprint density at radius 1 is 1.29 bits per heavy atom. The standard InChI is InChI=1S/C17H17ClFNO4/c1-2-23-15(21)8-9-20(11-12-5-4-10-24-12)17(22)16-13(18)6-3-7-14(16)19/h3-7,10H,2,8-9,11H2,1H3. The van der Waals surface area contributed by atoms with Crippen molar-refractivity contribution in [3.05, 3.63) is 58.8 Å². The zero-order valence-electron chi connectivity index (χ0n) is 13.1. The fourth-order valence-corrected chi connectivity index (χ4v) is 2.41.